The summed E-state index contributed by atoms with van der Waals surface area (Å²) in [6.07, 6.45) is 0. The molecule has 1 fully saturated rings. The summed E-state index contributed by atoms with van der Waals surface area (Å²) in [5.41, 5.74) is 1.88. The van der Waals surface area contributed by atoms with Crippen molar-refractivity contribution in [3.05, 3.63) is 53.4 Å². The number of nitrogens with zero attached hydrogens (tertiary/aromatic N) is 5. The molecule has 0 saturated carbocycles. The summed E-state index contributed by atoms with van der Waals surface area (Å²) in [5.74, 6) is 0.0949. The van der Waals surface area contributed by atoms with Gasteiger partial charge in [0.1, 0.15) is 17.5 Å². The lowest BCUT2D eigenvalue weighted by molar-refractivity contribution is 0.122. The van der Waals surface area contributed by atoms with Crippen LogP contribution in [0.1, 0.15) is 11.4 Å². The van der Waals surface area contributed by atoms with Crippen LogP contribution >= 0.6 is 0 Å². The van der Waals surface area contributed by atoms with Gasteiger partial charge in [0.25, 0.3) is 0 Å². The molecule has 0 unspecified atom stereocenters. The smallest absolute Gasteiger partial charge is 0.231 e. The van der Waals surface area contributed by atoms with Crippen LogP contribution in [0.25, 0.3) is 5.82 Å². The molecule has 0 spiro atoms. The van der Waals surface area contributed by atoms with E-state index in [4.69, 9.17) is 4.74 Å². The Morgan fingerprint density at radius 2 is 1.75 bits per heavy atom. The lowest BCUT2D eigenvalue weighted by Gasteiger charge is -2.28. The molecule has 9 heteroatoms. The van der Waals surface area contributed by atoms with Gasteiger partial charge < -0.3 is 15.0 Å². The Morgan fingerprint density at radius 3 is 2.43 bits per heavy atom. The van der Waals surface area contributed by atoms with Crippen LogP contribution in [0.2, 0.25) is 0 Å². The van der Waals surface area contributed by atoms with Gasteiger partial charge in [0.15, 0.2) is 5.82 Å². The molecule has 0 radical (unpaired) electrons. The number of rotatable bonds is 4. The van der Waals surface area contributed by atoms with Gasteiger partial charge >= 0.3 is 0 Å². The highest BCUT2D eigenvalue weighted by Gasteiger charge is 2.17. The molecule has 1 aliphatic heterocycles. The quantitative estimate of drug-likeness (QED) is 0.743. The van der Waals surface area contributed by atoms with Crippen LogP contribution in [-0.2, 0) is 4.74 Å². The fraction of sp³-hybridized carbons (Fsp3) is 0.316. The van der Waals surface area contributed by atoms with Gasteiger partial charge in [0, 0.05) is 30.9 Å². The van der Waals surface area contributed by atoms with Crippen molar-refractivity contribution >= 4 is 17.5 Å². The SMILES string of the molecule is Cc1cc(C)n(-c2cc(N3CCOCC3)nc(Nc3ccc(F)cc3F)n2)n1. The number of hydrogen-bond acceptors (Lipinski definition) is 6. The molecule has 0 bridgehead atoms. The first-order valence-electron chi connectivity index (χ1n) is 8.97. The predicted molar refractivity (Wildman–Crippen MR) is 101 cm³/mol. The van der Waals surface area contributed by atoms with Crippen LogP contribution < -0.4 is 10.2 Å². The summed E-state index contributed by atoms with van der Waals surface area (Å²) in [6, 6.07) is 7.11. The number of nitrogens with one attached hydrogen (secondary N) is 1. The lowest BCUT2D eigenvalue weighted by Crippen LogP contribution is -2.37. The van der Waals surface area contributed by atoms with Crippen molar-refractivity contribution in [1.29, 1.82) is 0 Å². The van der Waals surface area contributed by atoms with Crippen LogP contribution in [-0.4, -0.2) is 46.1 Å². The molecule has 0 aliphatic carbocycles. The Balaban J connectivity index is 1.75. The minimum absolute atomic E-state index is 0.0971. The van der Waals surface area contributed by atoms with Crippen molar-refractivity contribution in [2.24, 2.45) is 0 Å². The zero-order valence-corrected chi connectivity index (χ0v) is 15.6. The van der Waals surface area contributed by atoms with E-state index in [0.717, 1.165) is 17.5 Å². The average molecular weight is 386 g/mol. The van der Waals surface area contributed by atoms with Crippen LogP contribution in [0, 0.1) is 25.5 Å². The minimum atomic E-state index is -0.715. The topological polar surface area (TPSA) is 68.1 Å². The monoisotopic (exact) mass is 386 g/mol. The standard InChI is InChI=1S/C19H20F2N6O/c1-12-9-13(2)27(25-12)18-11-17(26-5-7-28-8-6-26)23-19(24-18)22-16-4-3-14(20)10-15(16)21/h3-4,9-11H,5-8H2,1-2H3,(H,22,23,24). The summed E-state index contributed by atoms with van der Waals surface area (Å²) in [5, 5.41) is 7.33. The first-order valence-corrected chi connectivity index (χ1v) is 8.97. The Morgan fingerprint density at radius 1 is 1.00 bits per heavy atom. The van der Waals surface area contributed by atoms with E-state index >= 15 is 0 Å². The Kier molecular flexibility index (Phi) is 4.91. The van der Waals surface area contributed by atoms with Gasteiger partial charge in [0.2, 0.25) is 5.95 Å². The fourth-order valence-corrected chi connectivity index (χ4v) is 3.11. The van der Waals surface area contributed by atoms with E-state index in [1.807, 2.05) is 26.0 Å². The molecule has 3 aromatic rings. The van der Waals surface area contributed by atoms with Crippen molar-refractivity contribution in [3.8, 4) is 5.82 Å². The molecule has 2 aromatic heterocycles. The molecule has 1 saturated heterocycles. The molecule has 3 heterocycles. The van der Waals surface area contributed by atoms with E-state index in [1.165, 1.54) is 12.1 Å². The van der Waals surface area contributed by atoms with E-state index in [2.05, 4.69) is 25.3 Å². The van der Waals surface area contributed by atoms with Crippen LogP contribution in [0.3, 0.4) is 0 Å². The molecule has 7 nitrogen and oxygen atoms in total. The second-order valence-electron chi connectivity index (χ2n) is 6.60. The first kappa shape index (κ1) is 18.3. The van der Waals surface area contributed by atoms with Crippen LogP contribution in [0.15, 0.2) is 30.3 Å². The van der Waals surface area contributed by atoms with Gasteiger partial charge in [-0.2, -0.15) is 15.1 Å². The van der Waals surface area contributed by atoms with Gasteiger partial charge in [-0.25, -0.2) is 13.5 Å². The zero-order chi connectivity index (χ0) is 19.7. The number of aryl methyl sites for hydroxylation is 2. The maximum atomic E-state index is 14.1. The predicted octanol–water partition coefficient (Wildman–Crippen LogP) is 3.14. The molecule has 4 rings (SSSR count). The van der Waals surface area contributed by atoms with E-state index < -0.39 is 11.6 Å². The summed E-state index contributed by atoms with van der Waals surface area (Å²) >= 11 is 0. The second kappa shape index (κ2) is 7.51. The molecular formula is C19H20F2N6O. The highest BCUT2D eigenvalue weighted by molar-refractivity contribution is 5.58. The van der Waals surface area contributed by atoms with Crippen LogP contribution in [0.4, 0.5) is 26.2 Å². The zero-order valence-electron chi connectivity index (χ0n) is 15.6. The Labute approximate surface area is 161 Å². The second-order valence-corrected chi connectivity index (χ2v) is 6.60. The third-order valence-electron chi connectivity index (χ3n) is 4.44. The van der Waals surface area contributed by atoms with Gasteiger partial charge in [-0.05, 0) is 32.0 Å². The molecular weight excluding hydrogens is 366 g/mol. The number of hydrogen-bond donors (Lipinski definition) is 1. The molecule has 1 N–H and O–H groups in total. The van der Waals surface area contributed by atoms with Gasteiger partial charge in [-0.15, -0.1) is 0 Å². The van der Waals surface area contributed by atoms with E-state index in [1.54, 1.807) is 4.68 Å². The Hall–Kier alpha value is -3.07. The van der Waals surface area contributed by atoms with Gasteiger partial charge in [0.05, 0.1) is 24.6 Å². The average Bonchev–Trinajstić information content (AvgIpc) is 3.03. The normalized spacial score (nSPS) is 14.4. The summed E-state index contributed by atoms with van der Waals surface area (Å²) in [4.78, 5) is 11.1. The highest BCUT2D eigenvalue weighted by atomic mass is 19.1. The van der Waals surface area contributed by atoms with Crippen LogP contribution in [0.5, 0.6) is 0 Å². The summed E-state index contributed by atoms with van der Waals surface area (Å²) < 4.78 is 34.4. The maximum Gasteiger partial charge on any atom is 0.231 e. The minimum Gasteiger partial charge on any atom is -0.378 e. The molecule has 1 aromatic carbocycles. The number of halogens is 2. The third-order valence-corrected chi connectivity index (χ3v) is 4.44. The van der Waals surface area contributed by atoms with E-state index in [0.29, 0.717) is 37.9 Å². The fourth-order valence-electron chi connectivity index (χ4n) is 3.11. The number of ether oxygens (including phenoxy) is 1. The first-order chi connectivity index (χ1) is 13.5. The molecule has 0 amide bonds. The third kappa shape index (κ3) is 3.79. The Bertz CT molecular complexity index is 1000. The summed E-state index contributed by atoms with van der Waals surface area (Å²) in [7, 11) is 0. The maximum absolute atomic E-state index is 14.1. The van der Waals surface area contributed by atoms with E-state index in [-0.39, 0.29) is 11.6 Å². The number of morpholine rings is 1. The van der Waals surface area contributed by atoms with E-state index in [9.17, 15) is 8.78 Å². The largest absolute Gasteiger partial charge is 0.378 e. The van der Waals surface area contributed by atoms with Gasteiger partial charge in [-0.3, -0.25) is 0 Å². The van der Waals surface area contributed by atoms with Gasteiger partial charge in [-0.1, -0.05) is 0 Å². The van der Waals surface area contributed by atoms with Crippen molar-refractivity contribution in [1.82, 2.24) is 19.7 Å². The molecule has 28 heavy (non-hydrogen) atoms. The highest BCUT2D eigenvalue weighted by Crippen LogP contribution is 2.24. The molecule has 146 valence electrons. The van der Waals surface area contributed by atoms with Crippen molar-refractivity contribution < 1.29 is 13.5 Å². The lowest BCUT2D eigenvalue weighted by atomic mass is 10.3. The molecule has 1 aliphatic rings. The number of anilines is 3. The van der Waals surface area contributed by atoms with Crippen molar-refractivity contribution in [2.75, 3.05) is 36.5 Å². The van der Waals surface area contributed by atoms with Crippen molar-refractivity contribution in [3.63, 3.8) is 0 Å². The summed E-state index contributed by atoms with van der Waals surface area (Å²) in [6.45, 7) is 6.43. The number of benzene rings is 1. The number of aromatic nitrogens is 4. The molecule has 0 atom stereocenters. The van der Waals surface area contributed by atoms with Crippen molar-refractivity contribution in [2.45, 2.75) is 13.8 Å².